The van der Waals surface area contributed by atoms with E-state index in [2.05, 4.69) is 6.58 Å². The summed E-state index contributed by atoms with van der Waals surface area (Å²) >= 11 is 0. The highest BCUT2D eigenvalue weighted by Crippen LogP contribution is 2.09. The molecule has 0 aromatic heterocycles. The molecule has 4 heteroatoms. The van der Waals surface area contributed by atoms with Gasteiger partial charge in [0.05, 0.1) is 5.25 Å². The van der Waals surface area contributed by atoms with Crippen LogP contribution in [0.5, 0.6) is 0 Å². The van der Waals surface area contributed by atoms with Gasteiger partial charge in [-0.05, 0) is 12.8 Å². The maximum Gasteiger partial charge on any atom is 0.212 e. The van der Waals surface area contributed by atoms with Crippen LogP contribution in [0, 0.1) is 5.92 Å². The van der Waals surface area contributed by atoms with E-state index in [-0.39, 0.29) is 5.92 Å². The lowest BCUT2D eigenvalue weighted by molar-refractivity contribution is 0.565. The molecule has 0 fully saturated rings. The molecule has 0 aliphatic rings. The second-order valence-electron chi connectivity index (χ2n) is 2.39. The molecule has 10 heavy (non-hydrogen) atoms. The third kappa shape index (κ3) is 2.49. The van der Waals surface area contributed by atoms with Crippen molar-refractivity contribution in [3.05, 3.63) is 12.7 Å². The minimum atomic E-state index is -3.39. The Morgan fingerprint density at radius 1 is 1.50 bits per heavy atom. The molecule has 60 valence electrons. The van der Waals surface area contributed by atoms with Gasteiger partial charge in [0.25, 0.3) is 0 Å². The van der Waals surface area contributed by atoms with Gasteiger partial charge < -0.3 is 0 Å². The maximum atomic E-state index is 10.7. The second-order valence-corrected chi connectivity index (χ2v) is 4.31. The van der Waals surface area contributed by atoms with E-state index in [0.29, 0.717) is 0 Å². The van der Waals surface area contributed by atoms with Crippen molar-refractivity contribution in [2.45, 2.75) is 19.1 Å². The first-order valence-corrected chi connectivity index (χ1v) is 4.64. The minimum absolute atomic E-state index is 0.0880. The largest absolute Gasteiger partial charge is 0.228 e. The van der Waals surface area contributed by atoms with Crippen LogP contribution in [0.1, 0.15) is 13.8 Å². The van der Waals surface area contributed by atoms with Gasteiger partial charge in [0.1, 0.15) is 0 Å². The van der Waals surface area contributed by atoms with Gasteiger partial charge in [-0.2, -0.15) is 0 Å². The lowest BCUT2D eigenvalue weighted by atomic mass is 10.1. The molecule has 0 aliphatic carbocycles. The summed E-state index contributed by atoms with van der Waals surface area (Å²) in [6, 6.07) is 0. The summed E-state index contributed by atoms with van der Waals surface area (Å²) in [5.41, 5.74) is 0. The van der Waals surface area contributed by atoms with Gasteiger partial charge in [0.2, 0.25) is 10.0 Å². The zero-order valence-electron chi connectivity index (χ0n) is 6.24. The van der Waals surface area contributed by atoms with Crippen LogP contribution in [0.4, 0.5) is 0 Å². The summed E-state index contributed by atoms with van der Waals surface area (Å²) in [6.45, 7) is 6.81. The van der Waals surface area contributed by atoms with E-state index in [9.17, 15) is 8.42 Å². The number of rotatable bonds is 3. The van der Waals surface area contributed by atoms with Crippen molar-refractivity contribution in [2.24, 2.45) is 11.1 Å². The predicted octanol–water partition coefficient (Wildman–Crippen LogP) is 0.486. The van der Waals surface area contributed by atoms with Crippen LogP contribution in [0.2, 0.25) is 0 Å². The summed E-state index contributed by atoms with van der Waals surface area (Å²) in [4.78, 5) is 0. The van der Waals surface area contributed by atoms with Gasteiger partial charge in [0, 0.05) is 0 Å². The van der Waals surface area contributed by atoms with Crippen LogP contribution in [-0.4, -0.2) is 13.7 Å². The van der Waals surface area contributed by atoms with E-state index in [1.165, 1.54) is 0 Å². The van der Waals surface area contributed by atoms with E-state index >= 15 is 0 Å². The van der Waals surface area contributed by atoms with Gasteiger partial charge in [-0.25, -0.2) is 13.6 Å². The van der Waals surface area contributed by atoms with Crippen molar-refractivity contribution in [1.82, 2.24) is 0 Å². The fraction of sp³-hybridized carbons (Fsp3) is 0.667. The van der Waals surface area contributed by atoms with Crippen molar-refractivity contribution < 1.29 is 8.42 Å². The van der Waals surface area contributed by atoms with E-state index in [1.54, 1.807) is 19.9 Å². The first-order chi connectivity index (χ1) is 4.39. The fourth-order valence-electron chi connectivity index (χ4n) is 0.491. The van der Waals surface area contributed by atoms with Gasteiger partial charge >= 0.3 is 0 Å². The summed E-state index contributed by atoms with van der Waals surface area (Å²) in [5, 5.41) is 4.34. The maximum absolute atomic E-state index is 10.7. The van der Waals surface area contributed by atoms with E-state index < -0.39 is 15.3 Å². The van der Waals surface area contributed by atoms with E-state index in [0.717, 1.165) is 0 Å². The Kier molecular flexibility index (Phi) is 3.05. The monoisotopic (exact) mass is 163 g/mol. The third-order valence-corrected chi connectivity index (χ3v) is 3.10. The van der Waals surface area contributed by atoms with Crippen LogP contribution in [0.15, 0.2) is 12.7 Å². The lowest BCUT2D eigenvalue weighted by Gasteiger charge is -2.12. The molecule has 0 radical (unpaired) electrons. The number of nitrogens with two attached hydrogens (primary N) is 1. The lowest BCUT2D eigenvalue weighted by Crippen LogP contribution is -2.30. The molecule has 3 nitrogen and oxygen atoms in total. The number of allylic oxidation sites excluding steroid dienone is 1. The van der Waals surface area contributed by atoms with Gasteiger partial charge in [-0.3, -0.25) is 0 Å². The Morgan fingerprint density at radius 2 is 1.90 bits per heavy atom. The molecule has 0 aliphatic heterocycles. The Bertz CT molecular complexity index is 208. The standard InChI is InChI=1S/C6H13NO2S/c1-4-5(2)6(3)10(7,8)9/h4-6H,1H2,2-3H3,(H2,7,8,9)/t5-,6-/m1/s1. The molecule has 0 aromatic rings. The highest BCUT2D eigenvalue weighted by Gasteiger charge is 2.19. The number of primary sulfonamides is 1. The summed E-state index contributed by atoms with van der Waals surface area (Å²) in [6.07, 6.45) is 1.58. The van der Waals surface area contributed by atoms with Gasteiger partial charge in [0.15, 0.2) is 0 Å². The first-order valence-electron chi connectivity index (χ1n) is 3.03. The number of hydrogen-bond acceptors (Lipinski definition) is 2. The van der Waals surface area contributed by atoms with Crippen LogP contribution >= 0.6 is 0 Å². The molecule has 2 atom stereocenters. The summed E-state index contributed by atoms with van der Waals surface area (Å²) < 4.78 is 21.3. The highest BCUT2D eigenvalue weighted by molar-refractivity contribution is 7.89. The topological polar surface area (TPSA) is 60.2 Å². The molecule has 0 unspecified atom stereocenters. The average Bonchev–Trinajstić information content (AvgIpc) is 1.83. The number of sulfonamides is 1. The first kappa shape index (κ1) is 9.65. The van der Waals surface area contributed by atoms with Crippen LogP contribution in [-0.2, 0) is 10.0 Å². The zero-order valence-corrected chi connectivity index (χ0v) is 7.06. The van der Waals surface area contributed by atoms with Crippen molar-refractivity contribution >= 4 is 10.0 Å². The molecule has 2 N–H and O–H groups in total. The predicted molar refractivity (Wildman–Crippen MR) is 41.9 cm³/mol. The number of hydrogen-bond donors (Lipinski definition) is 1. The molecule has 0 aromatic carbocycles. The molecule has 0 saturated heterocycles. The van der Waals surface area contributed by atoms with Crippen LogP contribution < -0.4 is 5.14 Å². The van der Waals surface area contributed by atoms with Crippen molar-refractivity contribution in [2.75, 3.05) is 0 Å². The minimum Gasteiger partial charge on any atom is -0.228 e. The average molecular weight is 163 g/mol. The van der Waals surface area contributed by atoms with Gasteiger partial charge in [-0.15, -0.1) is 6.58 Å². The molecular formula is C6H13NO2S. The van der Waals surface area contributed by atoms with Crippen molar-refractivity contribution in [3.63, 3.8) is 0 Å². The smallest absolute Gasteiger partial charge is 0.212 e. The van der Waals surface area contributed by atoms with Crippen LogP contribution in [0.3, 0.4) is 0 Å². The molecular weight excluding hydrogens is 150 g/mol. The Labute approximate surface area is 62.0 Å². The van der Waals surface area contributed by atoms with Gasteiger partial charge in [-0.1, -0.05) is 13.0 Å². The molecule has 0 saturated carbocycles. The fourth-order valence-corrected chi connectivity index (χ4v) is 1.20. The quantitative estimate of drug-likeness (QED) is 0.615. The second kappa shape index (κ2) is 3.16. The molecule has 0 spiro atoms. The zero-order chi connectivity index (χ0) is 8.36. The van der Waals surface area contributed by atoms with E-state index in [1.807, 2.05) is 0 Å². The molecule has 0 heterocycles. The third-order valence-electron chi connectivity index (χ3n) is 1.63. The summed E-state index contributed by atoms with van der Waals surface area (Å²) in [7, 11) is -3.39. The SMILES string of the molecule is C=C[C@@H](C)[C@@H](C)S(N)(=O)=O. The molecule has 0 amide bonds. The van der Waals surface area contributed by atoms with Crippen molar-refractivity contribution in [3.8, 4) is 0 Å². The van der Waals surface area contributed by atoms with Crippen LogP contribution in [0.25, 0.3) is 0 Å². The highest BCUT2D eigenvalue weighted by atomic mass is 32.2. The normalized spacial score (nSPS) is 17.9. The molecule has 0 bridgehead atoms. The van der Waals surface area contributed by atoms with Crippen molar-refractivity contribution in [1.29, 1.82) is 0 Å². The molecule has 0 rings (SSSR count). The Balaban J connectivity index is 4.37. The van der Waals surface area contributed by atoms with E-state index in [4.69, 9.17) is 5.14 Å². The Morgan fingerprint density at radius 3 is 2.00 bits per heavy atom. The summed E-state index contributed by atoms with van der Waals surface area (Å²) in [5.74, 6) is -0.0880. The Hall–Kier alpha value is -0.350.